The smallest absolute Gasteiger partial charge is 0.350 e. The molecule has 4 rings (SSSR count). The Hall–Kier alpha value is -3.55. The Balaban J connectivity index is 1.40. The van der Waals surface area contributed by atoms with Gasteiger partial charge in [-0.2, -0.15) is 5.10 Å². The van der Waals surface area contributed by atoms with E-state index < -0.39 is 0 Å². The second kappa shape index (κ2) is 9.07. The molecular weight excluding hydrogens is 396 g/mol. The van der Waals surface area contributed by atoms with Crippen molar-refractivity contribution in [3.63, 3.8) is 0 Å². The Bertz CT molecular complexity index is 1120. The lowest BCUT2D eigenvalue weighted by atomic mass is 10.1. The molecule has 1 aromatic heterocycles. The third-order valence-electron chi connectivity index (χ3n) is 5.28. The molecule has 0 saturated heterocycles. The lowest BCUT2D eigenvalue weighted by molar-refractivity contribution is -0.120. The third kappa shape index (κ3) is 4.63. The molecule has 1 N–H and O–H groups in total. The largest absolute Gasteiger partial charge is 0.493 e. The number of methoxy groups -OCH3 is 2. The normalized spacial score (nSPS) is 13.1. The van der Waals surface area contributed by atoms with Crippen molar-refractivity contribution in [2.45, 2.75) is 31.7 Å². The number of nitrogens with zero attached hydrogens (tertiary/aromatic N) is 3. The number of benzene rings is 2. The maximum absolute atomic E-state index is 12.9. The maximum Gasteiger partial charge on any atom is 0.350 e. The Labute approximate surface area is 180 Å². The van der Waals surface area contributed by atoms with Gasteiger partial charge in [-0.25, -0.2) is 14.0 Å². The van der Waals surface area contributed by atoms with Crippen LogP contribution in [0.25, 0.3) is 5.69 Å². The van der Waals surface area contributed by atoms with Crippen molar-refractivity contribution in [3.8, 4) is 17.2 Å². The van der Waals surface area contributed by atoms with Crippen molar-refractivity contribution in [1.29, 1.82) is 0 Å². The van der Waals surface area contributed by atoms with Gasteiger partial charge in [0.25, 0.3) is 0 Å². The van der Waals surface area contributed by atoms with Crippen LogP contribution in [0, 0.1) is 0 Å². The number of nitrogens with one attached hydrogen (secondary N) is 1. The lowest BCUT2D eigenvalue weighted by Crippen LogP contribution is -2.32. The van der Waals surface area contributed by atoms with Gasteiger partial charge in [0.15, 0.2) is 11.5 Å². The second-order valence-electron chi connectivity index (χ2n) is 7.53. The van der Waals surface area contributed by atoms with Crippen molar-refractivity contribution >= 4 is 5.91 Å². The van der Waals surface area contributed by atoms with E-state index in [4.69, 9.17) is 9.47 Å². The van der Waals surface area contributed by atoms with E-state index >= 15 is 0 Å². The standard InChI is InChI=1S/C23H26N4O4/c1-30-19-11-8-16(14-20(19)31-2)15-21(28)24-12-13-26-23(29)27(18-6-4-3-5-7-18)22(25-26)17-9-10-17/h3-8,11,14,17H,9-10,12-13,15H2,1-2H3,(H,24,28). The fourth-order valence-corrected chi connectivity index (χ4v) is 3.54. The molecule has 0 spiro atoms. The van der Waals surface area contributed by atoms with Crippen LogP contribution in [-0.4, -0.2) is 41.0 Å². The first-order chi connectivity index (χ1) is 15.1. The SMILES string of the molecule is COc1ccc(CC(=O)NCCn2nc(C3CC3)n(-c3ccccc3)c2=O)cc1OC. The minimum atomic E-state index is -0.178. The number of ether oxygens (including phenoxy) is 2. The Morgan fingerprint density at radius 1 is 1.10 bits per heavy atom. The summed E-state index contributed by atoms with van der Waals surface area (Å²) in [4.78, 5) is 25.3. The molecule has 0 unspecified atom stereocenters. The molecule has 0 bridgehead atoms. The summed E-state index contributed by atoms with van der Waals surface area (Å²) in [6.45, 7) is 0.637. The van der Waals surface area contributed by atoms with Crippen LogP contribution < -0.4 is 20.5 Å². The van der Waals surface area contributed by atoms with Crippen LogP contribution in [0.3, 0.4) is 0 Å². The van der Waals surface area contributed by atoms with E-state index in [0.29, 0.717) is 30.5 Å². The van der Waals surface area contributed by atoms with Gasteiger partial charge < -0.3 is 14.8 Å². The van der Waals surface area contributed by atoms with Gasteiger partial charge in [0.1, 0.15) is 5.82 Å². The number of hydrogen-bond donors (Lipinski definition) is 1. The minimum Gasteiger partial charge on any atom is -0.493 e. The summed E-state index contributed by atoms with van der Waals surface area (Å²) in [6.07, 6.45) is 2.30. The number of aromatic nitrogens is 3. The van der Waals surface area contributed by atoms with Crippen LogP contribution in [-0.2, 0) is 17.8 Å². The summed E-state index contributed by atoms with van der Waals surface area (Å²) in [5.41, 5.74) is 1.46. The van der Waals surface area contributed by atoms with Crippen LogP contribution in [0.2, 0.25) is 0 Å². The molecule has 0 aliphatic heterocycles. The highest BCUT2D eigenvalue weighted by atomic mass is 16.5. The summed E-state index contributed by atoms with van der Waals surface area (Å²) >= 11 is 0. The molecule has 0 atom stereocenters. The Kier molecular flexibility index (Phi) is 6.06. The van der Waals surface area contributed by atoms with Gasteiger partial charge in [0.05, 0.1) is 32.9 Å². The molecule has 31 heavy (non-hydrogen) atoms. The van der Waals surface area contributed by atoms with E-state index in [9.17, 15) is 9.59 Å². The molecule has 162 valence electrons. The first-order valence-corrected chi connectivity index (χ1v) is 10.3. The third-order valence-corrected chi connectivity index (χ3v) is 5.28. The maximum atomic E-state index is 12.9. The molecule has 3 aromatic rings. The molecule has 1 amide bonds. The van der Waals surface area contributed by atoms with Gasteiger partial charge in [0.2, 0.25) is 5.91 Å². The van der Waals surface area contributed by atoms with Gasteiger partial charge in [-0.05, 0) is 42.7 Å². The monoisotopic (exact) mass is 422 g/mol. The summed E-state index contributed by atoms with van der Waals surface area (Å²) in [7, 11) is 3.13. The van der Waals surface area contributed by atoms with Crippen molar-refractivity contribution in [1.82, 2.24) is 19.7 Å². The summed E-state index contributed by atoms with van der Waals surface area (Å²) < 4.78 is 13.6. The average molecular weight is 422 g/mol. The van der Waals surface area contributed by atoms with Crippen LogP contribution in [0.4, 0.5) is 0 Å². The predicted octanol–water partition coefficient (Wildman–Crippen LogP) is 2.29. The Morgan fingerprint density at radius 2 is 1.84 bits per heavy atom. The number of rotatable bonds is 9. The highest BCUT2D eigenvalue weighted by Gasteiger charge is 2.31. The molecule has 2 aromatic carbocycles. The number of para-hydroxylation sites is 1. The summed E-state index contributed by atoms with van der Waals surface area (Å²) in [5, 5.41) is 7.42. The molecule has 8 heteroatoms. The van der Waals surface area contributed by atoms with Crippen molar-refractivity contribution in [2.75, 3.05) is 20.8 Å². The summed E-state index contributed by atoms with van der Waals surface area (Å²) in [6, 6.07) is 14.9. The molecule has 8 nitrogen and oxygen atoms in total. The van der Waals surface area contributed by atoms with E-state index in [1.807, 2.05) is 36.4 Å². The van der Waals surface area contributed by atoms with Crippen molar-refractivity contribution in [3.05, 3.63) is 70.4 Å². The van der Waals surface area contributed by atoms with E-state index in [1.54, 1.807) is 30.9 Å². The molecule has 1 saturated carbocycles. The predicted molar refractivity (Wildman–Crippen MR) is 116 cm³/mol. The first-order valence-electron chi connectivity index (χ1n) is 10.3. The highest BCUT2D eigenvalue weighted by molar-refractivity contribution is 5.78. The zero-order valence-electron chi connectivity index (χ0n) is 17.7. The van der Waals surface area contributed by atoms with E-state index in [1.165, 1.54) is 4.68 Å². The van der Waals surface area contributed by atoms with Crippen LogP contribution in [0.15, 0.2) is 53.3 Å². The first kappa shape index (κ1) is 20.7. The molecular formula is C23H26N4O4. The van der Waals surface area contributed by atoms with E-state index in [0.717, 1.165) is 29.9 Å². The van der Waals surface area contributed by atoms with E-state index in [-0.39, 0.29) is 18.0 Å². The van der Waals surface area contributed by atoms with Crippen LogP contribution >= 0.6 is 0 Å². The zero-order chi connectivity index (χ0) is 21.8. The number of amides is 1. The molecule has 0 radical (unpaired) electrons. The van der Waals surface area contributed by atoms with Crippen molar-refractivity contribution < 1.29 is 14.3 Å². The fraction of sp³-hybridized carbons (Fsp3) is 0.348. The second-order valence-corrected chi connectivity index (χ2v) is 7.53. The van der Waals surface area contributed by atoms with Crippen LogP contribution in [0.5, 0.6) is 11.5 Å². The number of carbonyl (C=O) groups is 1. The van der Waals surface area contributed by atoms with Gasteiger partial charge in [-0.1, -0.05) is 24.3 Å². The fourth-order valence-electron chi connectivity index (χ4n) is 3.54. The van der Waals surface area contributed by atoms with Gasteiger partial charge in [-0.3, -0.25) is 4.79 Å². The van der Waals surface area contributed by atoms with Gasteiger partial charge in [-0.15, -0.1) is 0 Å². The Morgan fingerprint density at radius 3 is 2.52 bits per heavy atom. The molecule has 1 heterocycles. The molecule has 1 fully saturated rings. The topological polar surface area (TPSA) is 87.4 Å². The molecule has 1 aliphatic rings. The van der Waals surface area contributed by atoms with E-state index in [2.05, 4.69) is 10.4 Å². The summed E-state index contributed by atoms with van der Waals surface area (Å²) in [5.74, 6) is 2.19. The number of hydrogen-bond acceptors (Lipinski definition) is 5. The van der Waals surface area contributed by atoms with Crippen molar-refractivity contribution in [2.24, 2.45) is 0 Å². The minimum absolute atomic E-state index is 0.134. The van der Waals surface area contributed by atoms with Crippen LogP contribution in [0.1, 0.15) is 30.1 Å². The molecule has 1 aliphatic carbocycles. The quantitative estimate of drug-likeness (QED) is 0.572. The number of carbonyl (C=O) groups excluding carboxylic acids is 1. The van der Waals surface area contributed by atoms with Gasteiger partial charge in [0, 0.05) is 12.5 Å². The lowest BCUT2D eigenvalue weighted by Gasteiger charge is -2.10. The highest BCUT2D eigenvalue weighted by Crippen LogP contribution is 2.39. The zero-order valence-corrected chi connectivity index (χ0v) is 17.7. The van der Waals surface area contributed by atoms with Gasteiger partial charge >= 0.3 is 5.69 Å². The average Bonchev–Trinajstić information content (AvgIpc) is 3.58.